The number of nitrogens with two attached hydrogens (primary N) is 1. The molecule has 18 heavy (non-hydrogen) atoms. The van der Waals surface area contributed by atoms with Crippen LogP contribution in [0.1, 0.15) is 18.1 Å². The van der Waals surface area contributed by atoms with Gasteiger partial charge in [-0.2, -0.15) is 5.26 Å². The monoisotopic (exact) mass is 254 g/mol. The van der Waals surface area contributed by atoms with E-state index in [4.69, 9.17) is 11.0 Å². The standard InChI is InChI=1S/C15H14N2S/c1-2-12-9-11(10-16)3-8-15(12)18-14-6-4-13(17)5-7-14/h3-9H,2,17H2,1H3. The molecule has 2 aromatic rings. The Kier molecular flexibility index (Phi) is 3.91. The van der Waals surface area contributed by atoms with Crippen molar-refractivity contribution in [2.45, 2.75) is 23.1 Å². The van der Waals surface area contributed by atoms with Gasteiger partial charge in [-0.3, -0.25) is 0 Å². The fourth-order valence-electron chi connectivity index (χ4n) is 1.69. The summed E-state index contributed by atoms with van der Waals surface area (Å²) in [6, 6.07) is 15.8. The first kappa shape index (κ1) is 12.5. The highest BCUT2D eigenvalue weighted by molar-refractivity contribution is 7.99. The number of aryl methyl sites for hydroxylation is 1. The van der Waals surface area contributed by atoms with Crippen LogP contribution in [0.3, 0.4) is 0 Å². The van der Waals surface area contributed by atoms with Crippen molar-refractivity contribution in [1.29, 1.82) is 5.26 Å². The van der Waals surface area contributed by atoms with E-state index in [0.717, 1.165) is 17.0 Å². The minimum Gasteiger partial charge on any atom is -0.399 e. The highest BCUT2D eigenvalue weighted by Gasteiger charge is 2.04. The number of nitriles is 1. The number of nitrogens with zero attached hydrogens (tertiary/aromatic N) is 1. The van der Waals surface area contributed by atoms with Crippen LogP contribution in [0.25, 0.3) is 0 Å². The number of hydrogen-bond donors (Lipinski definition) is 1. The van der Waals surface area contributed by atoms with Gasteiger partial charge in [0.2, 0.25) is 0 Å². The Balaban J connectivity index is 2.29. The Morgan fingerprint density at radius 3 is 2.50 bits per heavy atom. The van der Waals surface area contributed by atoms with E-state index in [-0.39, 0.29) is 0 Å². The van der Waals surface area contributed by atoms with E-state index in [9.17, 15) is 0 Å². The summed E-state index contributed by atoms with van der Waals surface area (Å²) in [4.78, 5) is 2.35. The van der Waals surface area contributed by atoms with Crippen LogP contribution in [0.2, 0.25) is 0 Å². The summed E-state index contributed by atoms with van der Waals surface area (Å²) in [5.74, 6) is 0. The smallest absolute Gasteiger partial charge is 0.0991 e. The first-order chi connectivity index (χ1) is 8.72. The van der Waals surface area contributed by atoms with Crippen molar-refractivity contribution >= 4 is 17.4 Å². The number of anilines is 1. The van der Waals surface area contributed by atoms with Crippen LogP contribution in [-0.2, 0) is 6.42 Å². The first-order valence-corrected chi connectivity index (χ1v) is 6.61. The van der Waals surface area contributed by atoms with Crippen molar-refractivity contribution in [2.24, 2.45) is 0 Å². The Labute approximate surface area is 111 Å². The van der Waals surface area contributed by atoms with E-state index in [0.29, 0.717) is 5.56 Å². The van der Waals surface area contributed by atoms with Crippen molar-refractivity contribution < 1.29 is 0 Å². The van der Waals surface area contributed by atoms with Crippen molar-refractivity contribution in [2.75, 3.05) is 5.73 Å². The van der Waals surface area contributed by atoms with Crippen LogP contribution in [0, 0.1) is 11.3 Å². The molecule has 0 saturated carbocycles. The molecule has 2 N–H and O–H groups in total. The predicted octanol–water partition coefficient (Wildman–Crippen LogP) is 3.85. The SMILES string of the molecule is CCc1cc(C#N)ccc1Sc1ccc(N)cc1. The molecule has 0 radical (unpaired) electrons. The molecule has 0 spiro atoms. The number of benzene rings is 2. The summed E-state index contributed by atoms with van der Waals surface area (Å²) in [6.07, 6.45) is 0.923. The van der Waals surface area contributed by atoms with E-state index in [1.165, 1.54) is 10.5 Å². The molecule has 0 unspecified atom stereocenters. The highest BCUT2D eigenvalue weighted by Crippen LogP contribution is 2.31. The van der Waals surface area contributed by atoms with Crippen molar-refractivity contribution in [3.8, 4) is 6.07 Å². The second kappa shape index (κ2) is 5.61. The topological polar surface area (TPSA) is 49.8 Å². The molecule has 0 amide bonds. The molecule has 0 fully saturated rings. The molecular weight excluding hydrogens is 240 g/mol. The second-order valence-corrected chi connectivity index (χ2v) is 5.07. The lowest BCUT2D eigenvalue weighted by atomic mass is 10.1. The first-order valence-electron chi connectivity index (χ1n) is 5.79. The maximum atomic E-state index is 8.90. The van der Waals surface area contributed by atoms with Crippen LogP contribution < -0.4 is 5.73 Å². The van der Waals surface area contributed by atoms with Gasteiger partial charge in [-0.05, 0) is 54.4 Å². The van der Waals surface area contributed by atoms with Gasteiger partial charge < -0.3 is 5.73 Å². The molecule has 0 saturated heterocycles. The fourth-order valence-corrected chi connectivity index (χ4v) is 2.68. The number of nitrogen functional groups attached to an aromatic ring is 1. The summed E-state index contributed by atoms with van der Waals surface area (Å²) < 4.78 is 0. The third-order valence-electron chi connectivity index (χ3n) is 2.68. The molecule has 2 nitrogen and oxygen atoms in total. The van der Waals surface area contributed by atoms with E-state index >= 15 is 0 Å². The molecule has 2 rings (SSSR count). The van der Waals surface area contributed by atoms with E-state index in [1.54, 1.807) is 11.8 Å². The summed E-state index contributed by atoms with van der Waals surface area (Å²) in [5.41, 5.74) is 8.36. The van der Waals surface area contributed by atoms with Gasteiger partial charge in [0.25, 0.3) is 0 Å². The third-order valence-corrected chi connectivity index (χ3v) is 3.80. The van der Waals surface area contributed by atoms with Gasteiger partial charge in [0.1, 0.15) is 0 Å². The van der Waals surface area contributed by atoms with Crippen LogP contribution >= 0.6 is 11.8 Å². The molecule has 0 aromatic heterocycles. The molecule has 2 aromatic carbocycles. The average Bonchev–Trinajstić information content (AvgIpc) is 2.41. The maximum absolute atomic E-state index is 8.90. The summed E-state index contributed by atoms with van der Waals surface area (Å²) in [6.45, 7) is 2.10. The minimum atomic E-state index is 0.716. The third kappa shape index (κ3) is 2.85. The van der Waals surface area contributed by atoms with Crippen LogP contribution in [0.4, 0.5) is 5.69 Å². The number of hydrogen-bond acceptors (Lipinski definition) is 3. The van der Waals surface area contributed by atoms with Gasteiger partial charge in [0, 0.05) is 15.5 Å². The van der Waals surface area contributed by atoms with Crippen LogP contribution in [-0.4, -0.2) is 0 Å². The molecule has 0 aliphatic heterocycles. The Bertz CT molecular complexity index is 582. The lowest BCUT2D eigenvalue weighted by Crippen LogP contribution is -1.88. The van der Waals surface area contributed by atoms with Gasteiger partial charge in [0.05, 0.1) is 11.6 Å². The molecular formula is C15H14N2S. The van der Waals surface area contributed by atoms with Gasteiger partial charge in [-0.1, -0.05) is 18.7 Å². The van der Waals surface area contributed by atoms with Crippen molar-refractivity contribution in [1.82, 2.24) is 0 Å². The molecule has 90 valence electrons. The van der Waals surface area contributed by atoms with Gasteiger partial charge >= 0.3 is 0 Å². The van der Waals surface area contributed by atoms with Crippen LogP contribution in [0.15, 0.2) is 52.3 Å². The molecule has 0 heterocycles. The van der Waals surface area contributed by atoms with E-state index < -0.39 is 0 Å². The molecule has 0 bridgehead atoms. The van der Waals surface area contributed by atoms with Gasteiger partial charge in [-0.25, -0.2) is 0 Å². The quantitative estimate of drug-likeness (QED) is 0.846. The largest absolute Gasteiger partial charge is 0.399 e. The summed E-state index contributed by atoms with van der Waals surface area (Å²) in [7, 11) is 0. The number of rotatable bonds is 3. The van der Waals surface area contributed by atoms with Gasteiger partial charge in [-0.15, -0.1) is 0 Å². The van der Waals surface area contributed by atoms with Gasteiger partial charge in [0.15, 0.2) is 0 Å². The zero-order valence-corrected chi connectivity index (χ0v) is 11.0. The normalized spacial score (nSPS) is 10.0. The summed E-state index contributed by atoms with van der Waals surface area (Å²) in [5, 5.41) is 8.90. The Morgan fingerprint density at radius 1 is 1.17 bits per heavy atom. The Morgan fingerprint density at radius 2 is 1.89 bits per heavy atom. The fraction of sp³-hybridized carbons (Fsp3) is 0.133. The maximum Gasteiger partial charge on any atom is 0.0991 e. The lowest BCUT2D eigenvalue weighted by Gasteiger charge is -2.08. The van der Waals surface area contributed by atoms with Crippen molar-refractivity contribution in [3.63, 3.8) is 0 Å². The predicted molar refractivity (Wildman–Crippen MR) is 75.5 cm³/mol. The molecule has 0 aliphatic rings. The zero-order chi connectivity index (χ0) is 13.0. The second-order valence-electron chi connectivity index (χ2n) is 3.96. The minimum absolute atomic E-state index is 0.716. The highest BCUT2D eigenvalue weighted by atomic mass is 32.2. The van der Waals surface area contributed by atoms with Crippen molar-refractivity contribution in [3.05, 3.63) is 53.6 Å². The average molecular weight is 254 g/mol. The molecule has 0 aliphatic carbocycles. The summed E-state index contributed by atoms with van der Waals surface area (Å²) >= 11 is 1.70. The Hall–Kier alpha value is -1.92. The zero-order valence-electron chi connectivity index (χ0n) is 10.2. The van der Waals surface area contributed by atoms with E-state index in [1.807, 2.05) is 42.5 Å². The van der Waals surface area contributed by atoms with E-state index in [2.05, 4.69) is 13.0 Å². The molecule has 3 heteroatoms. The lowest BCUT2D eigenvalue weighted by molar-refractivity contribution is 1.08. The molecule has 0 atom stereocenters. The van der Waals surface area contributed by atoms with Crippen LogP contribution in [0.5, 0.6) is 0 Å².